The summed E-state index contributed by atoms with van der Waals surface area (Å²) in [6, 6.07) is 0.543. The zero-order valence-corrected chi connectivity index (χ0v) is 9.69. The average Bonchev–Trinajstić information content (AvgIpc) is 2.52. The SMILES string of the molecule is COC(=O)c1nc(NC2CCC2)sc1C. The fourth-order valence-corrected chi connectivity index (χ4v) is 2.35. The molecule has 15 heavy (non-hydrogen) atoms. The van der Waals surface area contributed by atoms with E-state index in [-0.39, 0.29) is 5.97 Å². The second-order valence-corrected chi connectivity index (χ2v) is 4.89. The third kappa shape index (κ3) is 2.12. The summed E-state index contributed by atoms with van der Waals surface area (Å²) in [5.74, 6) is -0.356. The lowest BCUT2D eigenvalue weighted by molar-refractivity contribution is 0.0594. The number of ether oxygens (including phenoxy) is 1. The van der Waals surface area contributed by atoms with Gasteiger partial charge in [0.2, 0.25) is 0 Å². The van der Waals surface area contributed by atoms with Crippen LogP contribution in [-0.4, -0.2) is 24.1 Å². The normalized spacial score (nSPS) is 15.9. The molecule has 0 amide bonds. The van der Waals surface area contributed by atoms with E-state index < -0.39 is 0 Å². The molecule has 82 valence electrons. The topological polar surface area (TPSA) is 51.2 Å². The fraction of sp³-hybridized carbons (Fsp3) is 0.600. The van der Waals surface area contributed by atoms with Gasteiger partial charge in [-0.15, -0.1) is 11.3 Å². The molecule has 1 aliphatic rings. The van der Waals surface area contributed by atoms with Gasteiger partial charge in [-0.3, -0.25) is 0 Å². The van der Waals surface area contributed by atoms with E-state index in [9.17, 15) is 4.79 Å². The van der Waals surface area contributed by atoms with E-state index >= 15 is 0 Å². The molecule has 0 atom stereocenters. The largest absolute Gasteiger partial charge is 0.464 e. The highest BCUT2D eigenvalue weighted by atomic mass is 32.1. The number of hydrogen-bond acceptors (Lipinski definition) is 5. The van der Waals surface area contributed by atoms with Crippen LogP contribution in [0.15, 0.2) is 0 Å². The molecule has 0 bridgehead atoms. The number of aryl methyl sites for hydroxylation is 1. The summed E-state index contributed by atoms with van der Waals surface area (Å²) in [6.07, 6.45) is 3.68. The molecule has 0 unspecified atom stereocenters. The fourth-order valence-electron chi connectivity index (χ4n) is 1.47. The lowest BCUT2D eigenvalue weighted by Gasteiger charge is -2.25. The van der Waals surface area contributed by atoms with Crippen LogP contribution >= 0.6 is 11.3 Å². The van der Waals surface area contributed by atoms with Gasteiger partial charge in [0.1, 0.15) is 0 Å². The molecule has 5 heteroatoms. The second-order valence-electron chi connectivity index (χ2n) is 3.69. The van der Waals surface area contributed by atoms with E-state index in [0.717, 1.165) is 10.0 Å². The van der Waals surface area contributed by atoms with Crippen LogP contribution in [0.2, 0.25) is 0 Å². The summed E-state index contributed by atoms with van der Waals surface area (Å²) in [5, 5.41) is 4.15. The molecule has 0 aliphatic heterocycles. The van der Waals surface area contributed by atoms with Gasteiger partial charge in [-0.2, -0.15) is 0 Å². The number of carbonyl (C=O) groups excluding carboxylic acids is 1. The van der Waals surface area contributed by atoms with Crippen molar-refractivity contribution >= 4 is 22.4 Å². The van der Waals surface area contributed by atoms with Gasteiger partial charge in [-0.05, 0) is 26.2 Å². The van der Waals surface area contributed by atoms with E-state index in [4.69, 9.17) is 0 Å². The van der Waals surface area contributed by atoms with Gasteiger partial charge in [-0.25, -0.2) is 9.78 Å². The van der Waals surface area contributed by atoms with Crippen molar-refractivity contribution in [1.29, 1.82) is 0 Å². The number of rotatable bonds is 3. The molecule has 1 saturated carbocycles. The predicted molar refractivity (Wildman–Crippen MR) is 59.5 cm³/mol. The Morgan fingerprint density at radius 2 is 2.33 bits per heavy atom. The number of hydrogen-bond donors (Lipinski definition) is 1. The smallest absolute Gasteiger partial charge is 0.357 e. The van der Waals surface area contributed by atoms with Crippen molar-refractivity contribution in [1.82, 2.24) is 4.98 Å². The third-order valence-electron chi connectivity index (χ3n) is 2.61. The molecule has 1 fully saturated rings. The first kappa shape index (κ1) is 10.4. The molecular formula is C10H14N2O2S. The molecule has 0 saturated heterocycles. The van der Waals surface area contributed by atoms with Crippen LogP contribution in [0, 0.1) is 6.92 Å². The number of nitrogens with one attached hydrogen (secondary N) is 1. The van der Waals surface area contributed by atoms with E-state index in [2.05, 4.69) is 15.0 Å². The summed E-state index contributed by atoms with van der Waals surface area (Å²) in [4.78, 5) is 16.5. The van der Waals surface area contributed by atoms with Crippen molar-refractivity contribution in [3.63, 3.8) is 0 Å². The Labute approximate surface area is 92.7 Å². The Hall–Kier alpha value is -1.10. The molecule has 2 rings (SSSR count). The van der Waals surface area contributed by atoms with Crippen molar-refractivity contribution < 1.29 is 9.53 Å². The first-order valence-corrected chi connectivity index (χ1v) is 5.84. The molecule has 0 radical (unpaired) electrons. The predicted octanol–water partition coefficient (Wildman–Crippen LogP) is 2.20. The van der Waals surface area contributed by atoms with Crippen LogP contribution in [0.25, 0.3) is 0 Å². The summed E-state index contributed by atoms with van der Waals surface area (Å²) in [5.41, 5.74) is 0.435. The molecule has 1 aromatic rings. The van der Waals surface area contributed by atoms with Crippen LogP contribution in [0.3, 0.4) is 0 Å². The zero-order chi connectivity index (χ0) is 10.8. The van der Waals surface area contributed by atoms with E-state index in [1.54, 1.807) is 0 Å². The minimum Gasteiger partial charge on any atom is -0.464 e. The van der Waals surface area contributed by atoms with Gasteiger partial charge in [-0.1, -0.05) is 0 Å². The lowest BCUT2D eigenvalue weighted by atomic mass is 9.93. The highest BCUT2D eigenvalue weighted by molar-refractivity contribution is 7.15. The van der Waals surface area contributed by atoms with Crippen molar-refractivity contribution in [3.05, 3.63) is 10.6 Å². The van der Waals surface area contributed by atoms with Crippen molar-refractivity contribution in [2.45, 2.75) is 32.2 Å². The third-order valence-corrected chi connectivity index (χ3v) is 3.51. The molecule has 1 aliphatic carbocycles. The monoisotopic (exact) mass is 226 g/mol. The van der Waals surface area contributed by atoms with E-state index in [1.165, 1.54) is 37.7 Å². The number of anilines is 1. The van der Waals surface area contributed by atoms with Gasteiger partial charge in [0, 0.05) is 10.9 Å². The first-order chi connectivity index (χ1) is 7.20. The van der Waals surface area contributed by atoms with Crippen molar-refractivity contribution in [2.75, 3.05) is 12.4 Å². The maximum Gasteiger partial charge on any atom is 0.357 e. The van der Waals surface area contributed by atoms with Gasteiger partial charge >= 0.3 is 5.97 Å². The molecule has 0 spiro atoms. The minimum atomic E-state index is -0.356. The zero-order valence-electron chi connectivity index (χ0n) is 8.87. The van der Waals surface area contributed by atoms with Gasteiger partial charge in [0.05, 0.1) is 7.11 Å². The Balaban J connectivity index is 2.09. The van der Waals surface area contributed by atoms with Crippen LogP contribution in [0.5, 0.6) is 0 Å². The quantitative estimate of drug-likeness (QED) is 0.803. The number of carbonyl (C=O) groups is 1. The Morgan fingerprint density at radius 3 is 2.87 bits per heavy atom. The van der Waals surface area contributed by atoms with Crippen LogP contribution < -0.4 is 5.32 Å². The Bertz CT molecular complexity index is 371. The Kier molecular flexibility index (Phi) is 2.90. The first-order valence-electron chi connectivity index (χ1n) is 5.03. The van der Waals surface area contributed by atoms with Crippen LogP contribution in [0.4, 0.5) is 5.13 Å². The molecule has 1 N–H and O–H groups in total. The van der Waals surface area contributed by atoms with E-state index in [1.807, 2.05) is 6.92 Å². The van der Waals surface area contributed by atoms with Crippen molar-refractivity contribution in [3.8, 4) is 0 Å². The molecule has 0 aromatic carbocycles. The van der Waals surface area contributed by atoms with Crippen LogP contribution in [0.1, 0.15) is 34.6 Å². The van der Waals surface area contributed by atoms with Gasteiger partial charge in [0.15, 0.2) is 10.8 Å². The van der Waals surface area contributed by atoms with Gasteiger partial charge < -0.3 is 10.1 Å². The summed E-state index contributed by atoms with van der Waals surface area (Å²) in [6.45, 7) is 1.88. The second kappa shape index (κ2) is 4.18. The summed E-state index contributed by atoms with van der Waals surface area (Å²) < 4.78 is 4.65. The molecule has 1 heterocycles. The Morgan fingerprint density at radius 1 is 1.60 bits per heavy atom. The molecular weight excluding hydrogens is 212 g/mol. The van der Waals surface area contributed by atoms with Gasteiger partial charge in [0.25, 0.3) is 0 Å². The number of esters is 1. The van der Waals surface area contributed by atoms with Crippen molar-refractivity contribution in [2.24, 2.45) is 0 Å². The summed E-state index contributed by atoms with van der Waals surface area (Å²) in [7, 11) is 1.38. The summed E-state index contributed by atoms with van der Waals surface area (Å²) >= 11 is 1.51. The molecule has 4 nitrogen and oxygen atoms in total. The highest BCUT2D eigenvalue weighted by Crippen LogP contribution is 2.27. The number of nitrogens with zero attached hydrogens (tertiary/aromatic N) is 1. The number of methoxy groups -OCH3 is 1. The standard InChI is InChI=1S/C10H14N2O2S/c1-6-8(9(13)14-2)12-10(15-6)11-7-4-3-5-7/h7H,3-5H2,1-2H3,(H,11,12). The maximum absolute atomic E-state index is 11.3. The number of thiazole rings is 1. The minimum absolute atomic E-state index is 0.356. The number of aromatic nitrogens is 1. The van der Waals surface area contributed by atoms with E-state index in [0.29, 0.717) is 11.7 Å². The van der Waals surface area contributed by atoms with Crippen LogP contribution in [-0.2, 0) is 4.74 Å². The maximum atomic E-state index is 11.3. The lowest BCUT2D eigenvalue weighted by Crippen LogP contribution is -2.26. The average molecular weight is 226 g/mol. The molecule has 1 aromatic heterocycles. The highest BCUT2D eigenvalue weighted by Gasteiger charge is 2.21.